The molecule has 12 N–H and O–H groups in total. The smallest absolute Gasteiger partial charge is 0.407 e. The molecule has 8 aromatic rings. The number of ether oxygens (including phenoxy) is 7. The Morgan fingerprint density at radius 1 is 0.438 bits per heavy atom. The van der Waals surface area contributed by atoms with Crippen molar-refractivity contribution in [3.8, 4) is 0 Å². The molecule has 2 heterocycles. The van der Waals surface area contributed by atoms with Crippen LogP contribution in [0.1, 0.15) is 177 Å². The maximum atomic E-state index is 12.7. The molecule has 0 spiro atoms. The number of amides is 4. The van der Waals surface area contributed by atoms with Crippen molar-refractivity contribution in [3.63, 3.8) is 0 Å². The summed E-state index contributed by atoms with van der Waals surface area (Å²) in [7, 11) is 4.26. The molecule has 2 aromatic heterocycles. The second-order valence-electron chi connectivity index (χ2n) is 32.4. The molecule has 6 aromatic carbocycles. The number of nitrogen functional groups attached to an aromatic ring is 1. The van der Waals surface area contributed by atoms with Crippen LogP contribution in [0.2, 0.25) is 0 Å². The van der Waals surface area contributed by atoms with E-state index in [0.29, 0.717) is 129 Å². The number of imidazole rings is 2. The number of fused-ring (bicyclic) bond motifs is 2. The number of nitro groups is 3. The molecule has 752 valence electrons. The number of Topliss-reactive ketones (excluding diaryl/α,β-unsaturated/α-hetero) is 1. The molecule has 4 amide bonds. The number of hydrogen-bond acceptors (Lipinski definition) is 34. The number of aromatic carboxylic acids is 1. The van der Waals surface area contributed by atoms with E-state index in [1.807, 2.05) is 59.7 Å². The summed E-state index contributed by atoms with van der Waals surface area (Å²) in [4.78, 5) is 174. The number of nitrogens with two attached hydrogens (primary N) is 2. The van der Waals surface area contributed by atoms with E-state index < -0.39 is 77.8 Å². The van der Waals surface area contributed by atoms with Crippen LogP contribution in [0, 0.1) is 63.9 Å². The zero-order chi connectivity index (χ0) is 105. The molecule has 137 heavy (non-hydrogen) atoms. The number of aryl methyl sites for hydroxylation is 6. The van der Waals surface area contributed by atoms with Gasteiger partial charge >= 0.3 is 66.6 Å². The van der Waals surface area contributed by atoms with E-state index in [0.717, 1.165) is 59.6 Å². The van der Waals surface area contributed by atoms with E-state index in [1.54, 1.807) is 127 Å². The van der Waals surface area contributed by atoms with Crippen LogP contribution in [0.25, 0.3) is 22.1 Å². The molecule has 0 fully saturated rings. The molecule has 0 bridgehead atoms. The number of ketones is 1. The topological polar surface area (TPSA) is 625 Å². The summed E-state index contributed by atoms with van der Waals surface area (Å²) in [6, 6.07) is 29.4. The monoisotopic (exact) mass is 1980 g/mol. The molecular weight excluding hydrogens is 1870 g/mol. The van der Waals surface area contributed by atoms with E-state index in [2.05, 4.69) is 47.2 Å². The molecule has 44 nitrogen and oxygen atoms in total. The molecule has 0 aliphatic rings. The summed E-state index contributed by atoms with van der Waals surface area (Å²) in [5.41, 5.74) is 18.4. The highest BCUT2D eigenvalue weighted by atomic mass is 35.6. The Morgan fingerprint density at radius 2 is 0.737 bits per heavy atom. The number of carbonyl (C=O) groups excluding carboxylic acids is 13. The van der Waals surface area contributed by atoms with Crippen molar-refractivity contribution in [2.75, 3.05) is 95.4 Å². The Hall–Kier alpha value is -14.0. The van der Waals surface area contributed by atoms with Crippen molar-refractivity contribution in [2.45, 2.75) is 195 Å². The maximum absolute atomic E-state index is 12.7. The second-order valence-corrected chi connectivity index (χ2v) is 34.6. The van der Waals surface area contributed by atoms with Gasteiger partial charge in [0.25, 0.3) is 11.4 Å². The van der Waals surface area contributed by atoms with Crippen LogP contribution in [-0.2, 0) is 94.4 Å². The molecule has 48 heteroatoms. The molecule has 0 saturated carbocycles. The van der Waals surface area contributed by atoms with Gasteiger partial charge in [-0.2, -0.15) is 42.7 Å². The Balaban J connectivity index is 0. The average Bonchev–Trinajstić information content (AvgIpc) is 1.62. The number of anilines is 4. The van der Waals surface area contributed by atoms with Crippen LogP contribution in [0.3, 0.4) is 0 Å². The number of carboxylic acid groups (broad SMARTS) is 1. The minimum Gasteiger partial charge on any atom is -0.478 e. The van der Waals surface area contributed by atoms with Gasteiger partial charge in [-0.25, -0.2) is 33.9 Å². The number of carbonyl (C=O) groups is 6. The molecule has 0 saturated heterocycles. The minimum atomic E-state index is -1.71. The van der Waals surface area contributed by atoms with Gasteiger partial charge in [0.2, 0.25) is 15.4 Å². The Bertz CT molecular complexity index is 5310. The lowest BCUT2D eigenvalue weighted by atomic mass is 10.1. The summed E-state index contributed by atoms with van der Waals surface area (Å²) in [5.74, 6) is -2.87. The van der Waals surface area contributed by atoms with Crippen molar-refractivity contribution in [2.24, 2.45) is 5.73 Å². The highest BCUT2D eigenvalue weighted by Crippen LogP contribution is 2.40. The largest absolute Gasteiger partial charge is 0.478 e. The van der Waals surface area contributed by atoms with Gasteiger partial charge in [-0.3, -0.25) is 35.1 Å². The number of carboxylic acids is 1. The predicted molar refractivity (Wildman–Crippen MR) is 502 cm³/mol. The number of nitrogens with one attached hydrogen (secondary N) is 7. The summed E-state index contributed by atoms with van der Waals surface area (Å²) in [5, 5.41) is 61.1. The molecular formula is C89H120Cl3FN16O28. The third-order valence-corrected chi connectivity index (χ3v) is 17.0. The van der Waals surface area contributed by atoms with Gasteiger partial charge in [0.05, 0.1) is 53.8 Å². The highest BCUT2D eigenvalue weighted by molar-refractivity contribution is 6.66. The number of rotatable bonds is 31. The van der Waals surface area contributed by atoms with Crippen LogP contribution in [-0.4, -0.2) is 196 Å². The fraction of sp³-hybridized carbons (Fsp3) is 0.461. The fourth-order valence-corrected chi connectivity index (χ4v) is 11.4. The number of benzene rings is 6. The van der Waals surface area contributed by atoms with Gasteiger partial charge in [0, 0.05) is 104 Å². The summed E-state index contributed by atoms with van der Waals surface area (Å²) >= 11 is 18.2. The fourth-order valence-electron chi connectivity index (χ4n) is 10.9. The SMILES string of the molecule is CC(=O)c1ccc2nc(C(Cl)(Cl)Cl)n(CCCNC(=O)OC(C)(C)C)c2c1.COC(OC)(OC)c1nc2ccc(C(=O)O)cc2n1CCCNC(=O)OC(C)(C)C.Cc1ccc(N)c(NCCCNC(=O)OC(C)(C)C)c1.Cc1ccc([N+](=O)[O-])c(F)c1.Cc1ccc([N+](=O)[O-])c(NCCCN)c1.Cc1ccc([N+](=O)[O-])c(NCCCNC(=O)OC(C)(C)C)c1.O=C=O.O=C=O.O=C=O.O=C=O. The maximum Gasteiger partial charge on any atom is 0.407 e. The molecule has 8 rings (SSSR count). The Kier molecular flexibility index (Phi) is 57.8. The van der Waals surface area contributed by atoms with Crippen molar-refractivity contribution in [3.05, 3.63) is 190 Å². The van der Waals surface area contributed by atoms with Crippen molar-refractivity contribution < 1.29 is 125 Å². The van der Waals surface area contributed by atoms with Crippen LogP contribution in [0.15, 0.2) is 109 Å². The number of methoxy groups -OCH3 is 3. The Morgan fingerprint density at radius 3 is 1.06 bits per heavy atom. The van der Waals surface area contributed by atoms with Crippen molar-refractivity contribution in [1.82, 2.24) is 40.4 Å². The van der Waals surface area contributed by atoms with Crippen LogP contribution < -0.4 is 48.7 Å². The van der Waals surface area contributed by atoms with E-state index in [4.69, 9.17) is 118 Å². The molecule has 0 atom stereocenters. The standard InChI is InChI=1S/C20H29N3O7.C18H22Cl3N3O3.C15H23N3O4.C15H25N3O2.C10H15N3O2.C7H6FNO2.4CO2/c1-19(2,3)30-18(26)21-10-7-11-23-15-12-13(16(24)25)8-9-14(15)22-17(23)20(27-4,28-5)29-6;1-11(25)12-6-7-13-14(10-12)24(15(23-13)18(19,20)21)9-5-8-22-16(26)27-17(2,3)4;1-11-6-7-13(18(20)21)12(10-11)16-8-5-9-17-14(19)22-15(2,3)4;1-11-6-7-12(16)13(10-11)17-8-5-9-18-14(19)20-15(2,3)4;1-8-3-4-10(13(14)15)9(7-8)12-6-2-5-11;1-5-2-3-7(9(10)11)6(8)4-5;4*2-1-3/h8-9,12H,7,10-11H2,1-6H3,(H,21,26)(H,24,25);6-7,10H,5,8-9H2,1-4H3,(H,22,26);6-7,10,16H,5,8-9H2,1-4H3,(H,17,19);6-7,10,17H,5,8-9,16H2,1-4H3,(H,18,19);3-4,7,12H,2,5-6,11H2,1H3;2-4H,1H3;;;;. The quantitative estimate of drug-likeness (QED) is 0.00282. The van der Waals surface area contributed by atoms with E-state index in [1.165, 1.54) is 58.6 Å². The Labute approximate surface area is 804 Å². The van der Waals surface area contributed by atoms with E-state index in [9.17, 15) is 68.6 Å². The molecule has 0 aliphatic carbocycles. The summed E-state index contributed by atoms with van der Waals surface area (Å²) in [6.45, 7) is 35.7. The second kappa shape index (κ2) is 63.3. The first-order valence-corrected chi connectivity index (χ1v) is 42.5. The third-order valence-electron chi connectivity index (χ3n) is 16.5. The van der Waals surface area contributed by atoms with E-state index in [-0.39, 0.29) is 64.2 Å². The average molecular weight is 1990 g/mol. The summed E-state index contributed by atoms with van der Waals surface area (Å²) < 4.78 is 51.4. The number of hydrogen-bond donors (Lipinski definition) is 10. The highest BCUT2D eigenvalue weighted by Gasteiger charge is 2.39. The first-order chi connectivity index (χ1) is 63.8. The van der Waals surface area contributed by atoms with Gasteiger partial charge < -0.3 is 96.1 Å². The normalized spacial score (nSPS) is 10.5. The minimum absolute atomic E-state index is 0.0469. The van der Waals surface area contributed by atoms with Crippen molar-refractivity contribution >= 4 is 157 Å². The lowest BCUT2D eigenvalue weighted by molar-refractivity contribution is -0.387. The number of aromatic nitrogens is 4. The number of nitrogens with zero attached hydrogens (tertiary/aromatic N) is 7. The number of alkyl carbamates (subject to hydrolysis) is 4. The van der Waals surface area contributed by atoms with E-state index >= 15 is 0 Å². The van der Waals surface area contributed by atoms with Gasteiger partial charge in [-0.05, 0) is 245 Å². The first kappa shape index (κ1) is 125. The van der Waals surface area contributed by atoms with Crippen molar-refractivity contribution in [1.29, 1.82) is 0 Å². The van der Waals surface area contributed by atoms with Gasteiger partial charge in [0.15, 0.2) is 11.6 Å². The van der Waals surface area contributed by atoms with Crippen LogP contribution >= 0.6 is 34.8 Å². The van der Waals surface area contributed by atoms with Gasteiger partial charge in [0.1, 0.15) is 33.8 Å². The van der Waals surface area contributed by atoms with Gasteiger partial charge in [-0.1, -0.05) is 59.1 Å². The molecule has 0 aliphatic heterocycles. The lowest BCUT2D eigenvalue weighted by Gasteiger charge is -2.28. The lowest BCUT2D eigenvalue weighted by Crippen LogP contribution is -2.37. The van der Waals surface area contributed by atoms with Crippen LogP contribution in [0.5, 0.6) is 0 Å². The molecule has 0 unspecified atom stereocenters. The zero-order valence-electron chi connectivity index (χ0n) is 79.8. The summed E-state index contributed by atoms with van der Waals surface area (Å²) in [6.07, 6.45) is 2.46. The number of halogens is 4. The predicted octanol–water partition coefficient (Wildman–Crippen LogP) is 15.2. The first-order valence-electron chi connectivity index (χ1n) is 41.3. The van der Waals surface area contributed by atoms with Crippen LogP contribution in [0.4, 0.5) is 63.4 Å². The third kappa shape index (κ3) is 51.9. The molecule has 0 radical (unpaired) electrons. The zero-order valence-corrected chi connectivity index (χ0v) is 82.0. The number of alkyl halides is 3. The van der Waals surface area contributed by atoms with Gasteiger partial charge in [-0.15, -0.1) is 0 Å². The number of nitro benzene ring substituents is 3.